The number of nitriles is 1. The fourth-order valence-electron chi connectivity index (χ4n) is 9.80. The molecule has 0 atom stereocenters. The van der Waals surface area contributed by atoms with E-state index in [9.17, 15) is 5.26 Å². The van der Waals surface area contributed by atoms with E-state index in [0.29, 0.717) is 5.57 Å². The molecule has 8 aromatic carbocycles. The standard InChI is InChI=1S/C56H39N3OSi/c1-3-39(37-57)36-51-38(2)58(52-23-13-11-21-47(51)52)40-26-30-44(31-27-40)61(42-16-6-4-7-17-42,43-18-8-5-9-19-43)45-32-28-41(29-33-45)59-53-24-14-10-20-46(53)49-34-35-50-48-22-12-15-25-54(48)60-56(50)55(49)59/h3-36H,1H2,2H3/b39-36+. The average molecular weight is 798 g/mol. The van der Waals surface area contributed by atoms with Gasteiger partial charge in [-0.05, 0) is 82.3 Å². The highest BCUT2D eigenvalue weighted by atomic mass is 28.3. The van der Waals surface area contributed by atoms with Gasteiger partial charge in [0.1, 0.15) is 5.58 Å². The van der Waals surface area contributed by atoms with Gasteiger partial charge in [0.25, 0.3) is 0 Å². The van der Waals surface area contributed by atoms with Crippen molar-refractivity contribution >= 4 is 89.5 Å². The Labute approximate surface area is 354 Å². The normalized spacial score (nSPS) is 12.2. The summed E-state index contributed by atoms with van der Waals surface area (Å²) in [6.07, 6.45) is 3.56. The second kappa shape index (κ2) is 14.4. The molecule has 0 saturated carbocycles. The minimum atomic E-state index is -2.89. The Morgan fingerprint density at radius 1 is 0.525 bits per heavy atom. The van der Waals surface area contributed by atoms with Crippen LogP contribution in [-0.4, -0.2) is 17.2 Å². The molecule has 0 unspecified atom stereocenters. The average Bonchev–Trinajstić information content (AvgIpc) is 3.97. The van der Waals surface area contributed by atoms with Gasteiger partial charge in [0.2, 0.25) is 0 Å². The number of rotatable bonds is 8. The lowest BCUT2D eigenvalue weighted by molar-refractivity contribution is 0.671. The lowest BCUT2D eigenvalue weighted by atomic mass is 10.1. The van der Waals surface area contributed by atoms with Crippen molar-refractivity contribution in [1.82, 2.24) is 9.13 Å². The molecule has 0 aliphatic rings. The quantitative estimate of drug-likeness (QED) is 0.0665. The van der Waals surface area contributed by atoms with Gasteiger partial charge in [-0.1, -0.05) is 158 Å². The Balaban J connectivity index is 1.12. The summed E-state index contributed by atoms with van der Waals surface area (Å²) in [5, 5.41) is 20.7. The van der Waals surface area contributed by atoms with E-state index in [-0.39, 0.29) is 0 Å². The Hall–Kier alpha value is -7.91. The lowest BCUT2D eigenvalue weighted by Gasteiger charge is -2.34. The van der Waals surface area contributed by atoms with Crippen LogP contribution < -0.4 is 20.7 Å². The number of allylic oxidation sites excluding steroid dienone is 2. The fraction of sp³-hybridized carbons (Fsp3) is 0.0179. The maximum Gasteiger partial charge on any atom is 0.179 e. The van der Waals surface area contributed by atoms with E-state index in [2.05, 4.69) is 217 Å². The molecule has 0 radical (unpaired) electrons. The first-order chi connectivity index (χ1) is 30.1. The van der Waals surface area contributed by atoms with E-state index in [0.717, 1.165) is 66.5 Å². The number of fused-ring (bicyclic) bond motifs is 8. The summed E-state index contributed by atoms with van der Waals surface area (Å²) >= 11 is 0. The van der Waals surface area contributed by atoms with Crippen LogP contribution in [-0.2, 0) is 0 Å². The molecule has 0 spiro atoms. The number of para-hydroxylation sites is 3. The predicted molar refractivity (Wildman–Crippen MR) is 257 cm³/mol. The fourth-order valence-corrected chi connectivity index (χ4v) is 14.5. The van der Waals surface area contributed by atoms with Crippen LogP contribution in [0.5, 0.6) is 0 Å². The van der Waals surface area contributed by atoms with Gasteiger partial charge in [-0.2, -0.15) is 5.26 Å². The zero-order valence-electron chi connectivity index (χ0n) is 33.6. The highest BCUT2D eigenvalue weighted by Crippen LogP contribution is 2.40. The van der Waals surface area contributed by atoms with Crippen LogP contribution >= 0.6 is 0 Å². The SMILES string of the molecule is C=C/C(C#N)=C\c1c(C)n(-c2ccc([Si](c3ccccc3)(c3ccccc3)c3ccc(-n4c5ccccc5c5ccc6c7ccccc7oc6c54)cc3)cc2)c2ccccc12. The van der Waals surface area contributed by atoms with Crippen LogP contribution in [0.25, 0.3) is 72.1 Å². The van der Waals surface area contributed by atoms with Crippen LogP contribution in [0.2, 0.25) is 0 Å². The molecule has 4 nitrogen and oxygen atoms in total. The van der Waals surface area contributed by atoms with E-state index in [4.69, 9.17) is 4.42 Å². The lowest BCUT2D eigenvalue weighted by Crippen LogP contribution is -2.74. The first kappa shape index (κ1) is 36.2. The molecule has 3 heterocycles. The molecule has 288 valence electrons. The van der Waals surface area contributed by atoms with Gasteiger partial charge in [0, 0.05) is 49.6 Å². The van der Waals surface area contributed by atoms with E-state index in [1.54, 1.807) is 6.08 Å². The zero-order chi connectivity index (χ0) is 41.1. The first-order valence-electron chi connectivity index (χ1n) is 20.6. The zero-order valence-corrected chi connectivity index (χ0v) is 34.6. The van der Waals surface area contributed by atoms with Crippen molar-refractivity contribution in [3.8, 4) is 17.4 Å². The molecule has 0 saturated heterocycles. The van der Waals surface area contributed by atoms with E-state index < -0.39 is 8.07 Å². The molecule has 0 fully saturated rings. The van der Waals surface area contributed by atoms with Crippen molar-refractivity contribution in [3.63, 3.8) is 0 Å². The topological polar surface area (TPSA) is 46.8 Å². The molecule has 0 aliphatic heterocycles. The van der Waals surface area contributed by atoms with Crippen LogP contribution in [0.4, 0.5) is 0 Å². The third-order valence-corrected chi connectivity index (χ3v) is 17.3. The molecule has 5 heteroatoms. The predicted octanol–water partition coefficient (Wildman–Crippen LogP) is 11.4. The van der Waals surface area contributed by atoms with Crippen molar-refractivity contribution in [2.45, 2.75) is 6.92 Å². The summed E-state index contributed by atoms with van der Waals surface area (Å²) in [5.41, 5.74) is 9.88. The molecule has 3 aromatic heterocycles. The van der Waals surface area contributed by atoms with E-state index >= 15 is 0 Å². The largest absolute Gasteiger partial charge is 0.454 e. The Morgan fingerprint density at radius 3 is 1.62 bits per heavy atom. The number of furan rings is 1. The molecular weight excluding hydrogens is 759 g/mol. The maximum atomic E-state index is 9.78. The minimum Gasteiger partial charge on any atom is -0.454 e. The molecular formula is C56H39N3OSi. The van der Waals surface area contributed by atoms with Crippen LogP contribution in [0.3, 0.4) is 0 Å². The van der Waals surface area contributed by atoms with Crippen molar-refractivity contribution in [1.29, 1.82) is 5.26 Å². The summed E-state index contributed by atoms with van der Waals surface area (Å²) in [4.78, 5) is 0. The summed E-state index contributed by atoms with van der Waals surface area (Å²) < 4.78 is 11.4. The third-order valence-electron chi connectivity index (χ3n) is 12.5. The van der Waals surface area contributed by atoms with Gasteiger partial charge < -0.3 is 13.6 Å². The number of aromatic nitrogens is 2. The molecule has 0 aliphatic carbocycles. The Kier molecular flexibility index (Phi) is 8.56. The summed E-state index contributed by atoms with van der Waals surface area (Å²) in [6, 6.07) is 72.8. The van der Waals surface area contributed by atoms with Crippen LogP contribution in [0.15, 0.2) is 217 Å². The van der Waals surface area contributed by atoms with Crippen molar-refractivity contribution in [2.24, 2.45) is 0 Å². The monoisotopic (exact) mass is 797 g/mol. The number of hydrogen-bond donors (Lipinski definition) is 0. The highest BCUT2D eigenvalue weighted by molar-refractivity contribution is 7.19. The van der Waals surface area contributed by atoms with Gasteiger partial charge >= 0.3 is 0 Å². The van der Waals surface area contributed by atoms with Gasteiger partial charge in [0.15, 0.2) is 13.7 Å². The first-order valence-corrected chi connectivity index (χ1v) is 22.6. The maximum absolute atomic E-state index is 9.78. The van der Waals surface area contributed by atoms with Crippen molar-refractivity contribution in [3.05, 3.63) is 224 Å². The van der Waals surface area contributed by atoms with Crippen molar-refractivity contribution < 1.29 is 4.42 Å². The van der Waals surface area contributed by atoms with Crippen LogP contribution in [0.1, 0.15) is 11.3 Å². The van der Waals surface area contributed by atoms with E-state index in [1.165, 1.54) is 31.5 Å². The Morgan fingerprint density at radius 2 is 1.02 bits per heavy atom. The molecule has 61 heavy (non-hydrogen) atoms. The highest BCUT2D eigenvalue weighted by Gasteiger charge is 2.41. The van der Waals surface area contributed by atoms with Crippen LogP contribution in [0, 0.1) is 18.3 Å². The smallest absolute Gasteiger partial charge is 0.179 e. The van der Waals surface area contributed by atoms with Gasteiger partial charge in [-0.3, -0.25) is 0 Å². The summed E-state index contributed by atoms with van der Waals surface area (Å²) in [5.74, 6) is 0. The Bertz CT molecular complexity index is 3510. The summed E-state index contributed by atoms with van der Waals surface area (Å²) in [6.45, 7) is 6.00. The number of benzene rings is 8. The van der Waals surface area contributed by atoms with Gasteiger partial charge in [0.05, 0.1) is 28.2 Å². The van der Waals surface area contributed by atoms with E-state index in [1.807, 2.05) is 12.1 Å². The third kappa shape index (κ3) is 5.50. The molecule has 11 aromatic rings. The van der Waals surface area contributed by atoms with Crippen molar-refractivity contribution in [2.75, 3.05) is 0 Å². The molecule has 0 amide bonds. The molecule has 0 bridgehead atoms. The second-order valence-electron chi connectivity index (χ2n) is 15.6. The molecule has 0 N–H and O–H groups in total. The minimum absolute atomic E-state index is 0.537. The second-order valence-corrected chi connectivity index (χ2v) is 19.4. The number of hydrogen-bond acceptors (Lipinski definition) is 2. The number of nitrogens with zero attached hydrogens (tertiary/aromatic N) is 3. The summed E-state index contributed by atoms with van der Waals surface area (Å²) in [7, 11) is -2.89. The van der Waals surface area contributed by atoms with Gasteiger partial charge in [-0.15, -0.1) is 0 Å². The molecule has 11 rings (SSSR count). The van der Waals surface area contributed by atoms with Gasteiger partial charge in [-0.25, -0.2) is 0 Å².